The Morgan fingerprint density at radius 3 is 2.55 bits per heavy atom. The summed E-state index contributed by atoms with van der Waals surface area (Å²) in [4.78, 5) is 14.2. The van der Waals surface area contributed by atoms with Crippen molar-refractivity contribution < 1.29 is 14.3 Å². The molecule has 1 aliphatic heterocycles. The zero-order valence-corrected chi connectivity index (χ0v) is 14.3. The normalized spacial score (nSPS) is 21.0. The molecular weight excluding hydrogens is 278 g/mol. The summed E-state index contributed by atoms with van der Waals surface area (Å²) in [5, 5.41) is 0. The number of nitrogens with zero attached hydrogens (tertiary/aromatic N) is 1. The molecule has 1 atom stereocenters. The fourth-order valence-electron chi connectivity index (χ4n) is 2.83. The fourth-order valence-corrected chi connectivity index (χ4v) is 2.83. The molecule has 4 nitrogen and oxygen atoms in total. The van der Waals surface area contributed by atoms with Crippen LogP contribution in [0.5, 0.6) is 5.75 Å². The average molecular weight is 305 g/mol. The summed E-state index contributed by atoms with van der Waals surface area (Å²) in [5.41, 5.74) is 0.967. The van der Waals surface area contributed by atoms with Gasteiger partial charge in [0.15, 0.2) is 6.61 Å². The van der Waals surface area contributed by atoms with Gasteiger partial charge in [0.2, 0.25) is 0 Å². The minimum atomic E-state index is -0.299. The molecule has 1 saturated heterocycles. The number of carbonyl (C=O) groups excluding carboxylic acids is 1. The summed E-state index contributed by atoms with van der Waals surface area (Å²) >= 11 is 0. The molecule has 0 unspecified atom stereocenters. The van der Waals surface area contributed by atoms with Crippen LogP contribution in [-0.2, 0) is 9.53 Å². The summed E-state index contributed by atoms with van der Waals surface area (Å²) < 4.78 is 11.4. The van der Waals surface area contributed by atoms with E-state index in [1.54, 1.807) is 0 Å². The first kappa shape index (κ1) is 16.8. The monoisotopic (exact) mass is 305 g/mol. The number of amides is 1. The van der Waals surface area contributed by atoms with E-state index in [1.807, 2.05) is 49.9 Å². The molecule has 0 radical (unpaired) electrons. The molecule has 22 heavy (non-hydrogen) atoms. The Morgan fingerprint density at radius 1 is 1.36 bits per heavy atom. The van der Waals surface area contributed by atoms with Crippen molar-refractivity contribution in [1.29, 1.82) is 0 Å². The first-order chi connectivity index (χ1) is 10.3. The van der Waals surface area contributed by atoms with Crippen LogP contribution >= 0.6 is 0 Å². The SMILES string of the molecule is CC(C)c1ccc(OCC(=O)N2C[C@H](C)OC(C)(C)C2)cc1. The van der Waals surface area contributed by atoms with Gasteiger partial charge in [0.25, 0.3) is 5.91 Å². The number of benzene rings is 1. The van der Waals surface area contributed by atoms with E-state index in [1.165, 1.54) is 5.56 Å². The zero-order chi connectivity index (χ0) is 16.3. The molecule has 1 aromatic carbocycles. The standard InChI is InChI=1S/C18H27NO3/c1-13(2)15-6-8-16(9-7-15)21-11-17(20)19-10-14(3)22-18(4,5)12-19/h6-9,13-14H,10-12H2,1-5H3/t14-/m0/s1. The first-order valence-electron chi connectivity index (χ1n) is 7.95. The van der Waals surface area contributed by atoms with Crippen LogP contribution in [0.25, 0.3) is 0 Å². The maximum atomic E-state index is 12.3. The molecule has 1 aromatic rings. The van der Waals surface area contributed by atoms with Gasteiger partial charge >= 0.3 is 0 Å². The van der Waals surface area contributed by atoms with Gasteiger partial charge in [-0.25, -0.2) is 0 Å². The third-order valence-electron chi connectivity index (χ3n) is 3.83. The van der Waals surface area contributed by atoms with Crippen LogP contribution in [0.15, 0.2) is 24.3 Å². The van der Waals surface area contributed by atoms with Crippen molar-refractivity contribution >= 4 is 5.91 Å². The third kappa shape index (κ3) is 4.47. The molecule has 0 bridgehead atoms. The Hall–Kier alpha value is -1.55. The van der Waals surface area contributed by atoms with Gasteiger partial charge < -0.3 is 14.4 Å². The van der Waals surface area contributed by atoms with Gasteiger partial charge in [-0.2, -0.15) is 0 Å². The van der Waals surface area contributed by atoms with E-state index in [0.29, 0.717) is 19.0 Å². The topological polar surface area (TPSA) is 38.8 Å². The molecule has 2 rings (SSSR count). The summed E-state index contributed by atoms with van der Waals surface area (Å²) in [6.45, 7) is 11.6. The van der Waals surface area contributed by atoms with E-state index in [4.69, 9.17) is 9.47 Å². The fraction of sp³-hybridized carbons (Fsp3) is 0.611. The lowest BCUT2D eigenvalue weighted by Crippen LogP contribution is -2.54. The molecule has 0 N–H and O–H groups in total. The number of ether oxygens (including phenoxy) is 2. The highest BCUT2D eigenvalue weighted by atomic mass is 16.5. The molecule has 1 aliphatic rings. The van der Waals surface area contributed by atoms with Crippen molar-refractivity contribution in [3.8, 4) is 5.75 Å². The van der Waals surface area contributed by atoms with Crippen LogP contribution in [-0.4, -0.2) is 42.2 Å². The Labute approximate surface area is 133 Å². The lowest BCUT2D eigenvalue weighted by Gasteiger charge is -2.41. The highest BCUT2D eigenvalue weighted by Gasteiger charge is 2.33. The Morgan fingerprint density at radius 2 is 2.00 bits per heavy atom. The number of rotatable bonds is 4. The maximum Gasteiger partial charge on any atom is 0.260 e. The predicted octanol–water partition coefficient (Wildman–Crippen LogP) is 3.21. The molecule has 122 valence electrons. The summed E-state index contributed by atoms with van der Waals surface area (Å²) in [6, 6.07) is 7.94. The lowest BCUT2D eigenvalue weighted by molar-refractivity contribution is -0.159. The lowest BCUT2D eigenvalue weighted by atomic mass is 10.0. The van der Waals surface area contributed by atoms with Gasteiger partial charge in [-0.1, -0.05) is 26.0 Å². The van der Waals surface area contributed by atoms with Gasteiger partial charge in [-0.15, -0.1) is 0 Å². The minimum Gasteiger partial charge on any atom is -0.484 e. The number of hydrogen-bond donors (Lipinski definition) is 0. The van der Waals surface area contributed by atoms with E-state index in [-0.39, 0.29) is 24.2 Å². The molecule has 1 heterocycles. The van der Waals surface area contributed by atoms with Gasteiger partial charge in [0.05, 0.1) is 11.7 Å². The second kappa shape index (κ2) is 6.69. The van der Waals surface area contributed by atoms with Crippen molar-refractivity contribution in [2.75, 3.05) is 19.7 Å². The summed E-state index contributed by atoms with van der Waals surface area (Å²) in [5.74, 6) is 1.24. The summed E-state index contributed by atoms with van der Waals surface area (Å²) in [6.07, 6.45) is 0.0537. The van der Waals surface area contributed by atoms with Crippen LogP contribution in [0.1, 0.15) is 46.1 Å². The average Bonchev–Trinajstić information content (AvgIpc) is 2.43. The summed E-state index contributed by atoms with van der Waals surface area (Å²) in [7, 11) is 0. The number of hydrogen-bond acceptors (Lipinski definition) is 3. The predicted molar refractivity (Wildman–Crippen MR) is 87.2 cm³/mol. The first-order valence-corrected chi connectivity index (χ1v) is 7.95. The van der Waals surface area contributed by atoms with Gasteiger partial charge in [-0.3, -0.25) is 4.79 Å². The zero-order valence-electron chi connectivity index (χ0n) is 14.3. The second-order valence-corrected chi connectivity index (χ2v) is 6.97. The quantitative estimate of drug-likeness (QED) is 0.857. The Bertz CT molecular complexity index is 508. The molecular formula is C18H27NO3. The molecule has 0 aromatic heterocycles. The van der Waals surface area contributed by atoms with Crippen molar-refractivity contribution in [2.24, 2.45) is 0 Å². The Balaban J connectivity index is 1.89. The van der Waals surface area contributed by atoms with Crippen molar-refractivity contribution in [1.82, 2.24) is 4.90 Å². The van der Waals surface area contributed by atoms with E-state index in [9.17, 15) is 4.79 Å². The van der Waals surface area contributed by atoms with Crippen molar-refractivity contribution in [3.63, 3.8) is 0 Å². The highest BCUT2D eigenvalue weighted by molar-refractivity contribution is 5.78. The molecule has 4 heteroatoms. The molecule has 0 aliphatic carbocycles. The van der Waals surface area contributed by atoms with Crippen LogP contribution in [0.4, 0.5) is 0 Å². The van der Waals surface area contributed by atoms with Gasteiger partial charge in [-0.05, 0) is 44.4 Å². The van der Waals surface area contributed by atoms with E-state index < -0.39 is 0 Å². The van der Waals surface area contributed by atoms with E-state index in [0.717, 1.165) is 5.75 Å². The van der Waals surface area contributed by atoms with Crippen molar-refractivity contribution in [2.45, 2.75) is 52.2 Å². The van der Waals surface area contributed by atoms with E-state index in [2.05, 4.69) is 13.8 Å². The molecule has 0 saturated carbocycles. The largest absolute Gasteiger partial charge is 0.484 e. The number of carbonyl (C=O) groups is 1. The Kier molecular flexibility index (Phi) is 5.12. The van der Waals surface area contributed by atoms with Crippen LogP contribution in [0.2, 0.25) is 0 Å². The molecule has 1 amide bonds. The smallest absolute Gasteiger partial charge is 0.260 e. The maximum absolute atomic E-state index is 12.3. The second-order valence-electron chi connectivity index (χ2n) is 6.97. The van der Waals surface area contributed by atoms with Gasteiger partial charge in [0, 0.05) is 13.1 Å². The third-order valence-corrected chi connectivity index (χ3v) is 3.83. The number of morpholine rings is 1. The van der Waals surface area contributed by atoms with Crippen LogP contribution in [0, 0.1) is 0 Å². The molecule has 0 spiro atoms. The van der Waals surface area contributed by atoms with Gasteiger partial charge in [0.1, 0.15) is 5.75 Å². The van der Waals surface area contributed by atoms with Crippen LogP contribution in [0.3, 0.4) is 0 Å². The molecule has 1 fully saturated rings. The van der Waals surface area contributed by atoms with E-state index >= 15 is 0 Å². The van der Waals surface area contributed by atoms with Crippen LogP contribution < -0.4 is 4.74 Å². The van der Waals surface area contributed by atoms with Crippen molar-refractivity contribution in [3.05, 3.63) is 29.8 Å². The highest BCUT2D eigenvalue weighted by Crippen LogP contribution is 2.21. The minimum absolute atomic E-state index is 0.0103.